The van der Waals surface area contributed by atoms with Crippen LogP contribution in [0.25, 0.3) is 0 Å². The Hall–Kier alpha value is -0.200. The van der Waals surface area contributed by atoms with Gasteiger partial charge < -0.3 is 0 Å². The largest absolute Gasteiger partial charge is 0.150 e. The van der Waals surface area contributed by atoms with Crippen LogP contribution < -0.4 is 0 Å². The Balaban J connectivity index is 2.56. The van der Waals surface area contributed by atoms with Crippen molar-refractivity contribution in [3.05, 3.63) is 35.4 Å². The maximum absolute atomic E-state index is 6.05. The zero-order chi connectivity index (χ0) is 8.06. The van der Waals surface area contributed by atoms with E-state index in [0.717, 1.165) is 5.56 Å². The molecule has 0 N–H and O–H groups in total. The molecule has 0 fully saturated rings. The Morgan fingerprint density at radius 3 is 2.55 bits per heavy atom. The molecule has 0 aromatic heterocycles. The van der Waals surface area contributed by atoms with Gasteiger partial charge in [-0.05, 0) is 11.1 Å². The van der Waals surface area contributed by atoms with Crippen molar-refractivity contribution in [3.63, 3.8) is 0 Å². The lowest BCUT2D eigenvalue weighted by atomic mass is 9.78. The summed E-state index contributed by atoms with van der Waals surface area (Å²) in [7, 11) is 0. The van der Waals surface area contributed by atoms with E-state index in [4.69, 9.17) is 23.2 Å². The summed E-state index contributed by atoms with van der Waals surface area (Å²) in [6, 6.07) is 8.03. The molecule has 11 heavy (non-hydrogen) atoms. The Bertz CT molecular complexity index is 291. The van der Waals surface area contributed by atoms with Crippen LogP contribution in [0, 0.1) is 0 Å². The lowest BCUT2D eigenvalue weighted by Gasteiger charge is -2.40. The van der Waals surface area contributed by atoms with Crippen LogP contribution >= 0.6 is 23.2 Å². The third-order valence-electron chi connectivity index (χ3n) is 2.33. The second kappa shape index (κ2) is 2.15. The number of hydrogen-bond donors (Lipinski definition) is 0. The van der Waals surface area contributed by atoms with E-state index in [9.17, 15) is 0 Å². The minimum Gasteiger partial charge on any atom is -0.0956 e. The lowest BCUT2D eigenvalue weighted by Crippen LogP contribution is -2.31. The maximum atomic E-state index is 6.05. The second-order valence-electron chi connectivity index (χ2n) is 2.93. The van der Waals surface area contributed by atoms with Gasteiger partial charge in [0.25, 0.3) is 0 Å². The second-order valence-corrected chi connectivity index (χ2v) is 4.32. The van der Waals surface area contributed by atoms with Crippen LogP contribution in [0.5, 0.6) is 0 Å². The molecule has 0 spiro atoms. The average molecular weight is 187 g/mol. The van der Waals surface area contributed by atoms with Crippen LogP contribution in [0.2, 0.25) is 0 Å². The molecule has 0 nitrogen and oxygen atoms in total. The normalized spacial score (nSPS) is 25.5. The van der Waals surface area contributed by atoms with Crippen molar-refractivity contribution in [2.24, 2.45) is 0 Å². The summed E-state index contributed by atoms with van der Waals surface area (Å²) in [4.78, 5) is 0. The summed E-state index contributed by atoms with van der Waals surface area (Å²) in [5.74, 6) is 0.266. The standard InChI is InChI=1S/C9H8Cl2/c1-6-7-4-2-3-5-8(7)9(6,10)11/h2-6H,1H3. The van der Waals surface area contributed by atoms with Gasteiger partial charge in [-0.1, -0.05) is 54.4 Å². The van der Waals surface area contributed by atoms with Gasteiger partial charge in [0.1, 0.15) is 4.33 Å². The highest BCUT2D eigenvalue weighted by atomic mass is 35.5. The van der Waals surface area contributed by atoms with E-state index in [1.807, 2.05) is 25.1 Å². The van der Waals surface area contributed by atoms with Crippen LogP contribution in [0.3, 0.4) is 0 Å². The number of benzene rings is 1. The quantitative estimate of drug-likeness (QED) is 0.545. The molecule has 1 aromatic rings. The van der Waals surface area contributed by atoms with E-state index in [1.165, 1.54) is 5.56 Å². The molecule has 1 atom stereocenters. The molecule has 0 bridgehead atoms. The Morgan fingerprint density at radius 1 is 1.27 bits per heavy atom. The zero-order valence-electron chi connectivity index (χ0n) is 6.14. The molecule has 2 rings (SSSR count). The topological polar surface area (TPSA) is 0 Å². The minimum atomic E-state index is -0.642. The third kappa shape index (κ3) is 0.830. The minimum absolute atomic E-state index is 0.266. The van der Waals surface area contributed by atoms with Crippen molar-refractivity contribution >= 4 is 23.2 Å². The van der Waals surface area contributed by atoms with E-state index in [1.54, 1.807) is 0 Å². The first-order valence-electron chi connectivity index (χ1n) is 3.61. The fourth-order valence-corrected chi connectivity index (χ4v) is 2.11. The first-order chi connectivity index (χ1) is 5.14. The van der Waals surface area contributed by atoms with Crippen LogP contribution in [-0.2, 0) is 4.33 Å². The van der Waals surface area contributed by atoms with Crippen molar-refractivity contribution in [1.82, 2.24) is 0 Å². The smallest absolute Gasteiger partial charge is 0.0956 e. The highest BCUT2D eigenvalue weighted by Crippen LogP contribution is 2.56. The summed E-state index contributed by atoms with van der Waals surface area (Å²) >= 11 is 12.1. The summed E-state index contributed by atoms with van der Waals surface area (Å²) in [6.07, 6.45) is 0. The highest BCUT2D eigenvalue weighted by molar-refractivity contribution is 6.49. The summed E-state index contributed by atoms with van der Waals surface area (Å²) in [5, 5.41) is 0. The van der Waals surface area contributed by atoms with E-state index in [2.05, 4.69) is 6.07 Å². The molecule has 0 heterocycles. The predicted molar refractivity (Wildman–Crippen MR) is 48.2 cm³/mol. The van der Waals surface area contributed by atoms with Crippen molar-refractivity contribution < 1.29 is 0 Å². The zero-order valence-corrected chi connectivity index (χ0v) is 7.65. The number of hydrogen-bond acceptors (Lipinski definition) is 0. The van der Waals surface area contributed by atoms with Gasteiger partial charge >= 0.3 is 0 Å². The van der Waals surface area contributed by atoms with Gasteiger partial charge in [-0.25, -0.2) is 0 Å². The predicted octanol–water partition coefficient (Wildman–Crippen LogP) is 3.43. The van der Waals surface area contributed by atoms with Crippen LogP contribution in [0.4, 0.5) is 0 Å². The summed E-state index contributed by atoms with van der Waals surface area (Å²) < 4.78 is -0.642. The molecule has 0 saturated heterocycles. The summed E-state index contributed by atoms with van der Waals surface area (Å²) in [5.41, 5.74) is 2.34. The van der Waals surface area contributed by atoms with Crippen molar-refractivity contribution in [3.8, 4) is 0 Å². The first kappa shape index (κ1) is 7.45. The van der Waals surface area contributed by atoms with E-state index in [0.29, 0.717) is 0 Å². The third-order valence-corrected chi connectivity index (χ3v) is 3.39. The van der Waals surface area contributed by atoms with Gasteiger partial charge in [0.05, 0.1) is 0 Å². The molecule has 0 aliphatic heterocycles. The van der Waals surface area contributed by atoms with Crippen LogP contribution in [-0.4, -0.2) is 0 Å². The van der Waals surface area contributed by atoms with E-state index in [-0.39, 0.29) is 5.92 Å². The first-order valence-corrected chi connectivity index (χ1v) is 4.37. The van der Waals surface area contributed by atoms with Crippen molar-refractivity contribution in [2.75, 3.05) is 0 Å². The SMILES string of the molecule is CC1c2ccccc2C1(Cl)Cl. The fourth-order valence-electron chi connectivity index (χ4n) is 1.53. The molecule has 2 heteroatoms. The van der Waals surface area contributed by atoms with E-state index < -0.39 is 4.33 Å². The molecule has 1 aliphatic rings. The summed E-state index contributed by atoms with van der Waals surface area (Å²) in [6.45, 7) is 2.04. The molecule has 58 valence electrons. The molecule has 0 radical (unpaired) electrons. The lowest BCUT2D eigenvalue weighted by molar-refractivity contribution is 0.583. The molecular formula is C9H8Cl2. The van der Waals surface area contributed by atoms with Crippen molar-refractivity contribution in [1.29, 1.82) is 0 Å². The van der Waals surface area contributed by atoms with E-state index >= 15 is 0 Å². The average Bonchev–Trinajstić information content (AvgIpc) is 2.04. The van der Waals surface area contributed by atoms with Gasteiger partial charge in [0.2, 0.25) is 0 Å². The molecule has 1 aliphatic carbocycles. The number of fused-ring (bicyclic) bond motifs is 1. The molecule has 0 saturated carbocycles. The molecule has 0 amide bonds. The van der Waals surface area contributed by atoms with Gasteiger partial charge in [-0.15, -0.1) is 0 Å². The number of alkyl halides is 2. The van der Waals surface area contributed by atoms with Gasteiger partial charge in [-0.3, -0.25) is 0 Å². The number of halogens is 2. The Labute approximate surface area is 76.1 Å². The highest BCUT2D eigenvalue weighted by Gasteiger charge is 2.46. The fraction of sp³-hybridized carbons (Fsp3) is 0.333. The van der Waals surface area contributed by atoms with Gasteiger partial charge in [0.15, 0.2) is 0 Å². The maximum Gasteiger partial charge on any atom is 0.150 e. The van der Waals surface area contributed by atoms with Gasteiger partial charge in [0, 0.05) is 5.92 Å². The van der Waals surface area contributed by atoms with Crippen molar-refractivity contribution in [2.45, 2.75) is 17.2 Å². The van der Waals surface area contributed by atoms with Crippen LogP contribution in [0.15, 0.2) is 24.3 Å². The van der Waals surface area contributed by atoms with Crippen LogP contribution in [0.1, 0.15) is 24.0 Å². The molecule has 1 aromatic carbocycles. The molecule has 1 unspecified atom stereocenters. The number of rotatable bonds is 0. The Morgan fingerprint density at radius 2 is 1.91 bits per heavy atom. The molecular weight excluding hydrogens is 179 g/mol. The monoisotopic (exact) mass is 186 g/mol. The van der Waals surface area contributed by atoms with Gasteiger partial charge in [-0.2, -0.15) is 0 Å². The Kier molecular flexibility index (Phi) is 1.45.